The Labute approximate surface area is 153 Å². The van der Waals surface area contributed by atoms with Gasteiger partial charge in [-0.1, -0.05) is 29.8 Å². The number of amides is 1. The van der Waals surface area contributed by atoms with E-state index in [0.717, 1.165) is 4.68 Å². The number of hydrogen-bond donors (Lipinski definition) is 1. The number of rotatable bonds is 4. The fraction of sp³-hybridized carbons (Fsp3) is 0.111. The van der Waals surface area contributed by atoms with Crippen molar-refractivity contribution in [2.75, 3.05) is 5.32 Å². The molecule has 0 spiro atoms. The number of benzene rings is 2. The third kappa shape index (κ3) is 3.94. The SMILES string of the molecule is C[C@H](C(=O)Nc1cccc(F)c1)n1ncc(-c2ccc(Cl)cc2)nc1=O. The van der Waals surface area contributed by atoms with E-state index in [-0.39, 0.29) is 0 Å². The topological polar surface area (TPSA) is 76.9 Å². The van der Waals surface area contributed by atoms with Crippen LogP contribution in [0.4, 0.5) is 10.1 Å². The molecule has 2 aromatic carbocycles. The Balaban J connectivity index is 1.81. The van der Waals surface area contributed by atoms with Crippen LogP contribution in [-0.2, 0) is 4.79 Å². The second-order valence-corrected chi connectivity index (χ2v) is 5.99. The Bertz CT molecular complexity index is 1000. The number of nitrogens with zero attached hydrogens (tertiary/aromatic N) is 3. The molecule has 132 valence electrons. The first kappa shape index (κ1) is 17.8. The second kappa shape index (κ2) is 7.45. The fourth-order valence-corrected chi connectivity index (χ4v) is 2.42. The highest BCUT2D eigenvalue weighted by molar-refractivity contribution is 6.30. The van der Waals surface area contributed by atoms with E-state index >= 15 is 0 Å². The van der Waals surface area contributed by atoms with Gasteiger partial charge in [-0.25, -0.2) is 13.9 Å². The maximum absolute atomic E-state index is 13.2. The maximum Gasteiger partial charge on any atom is 0.365 e. The lowest BCUT2D eigenvalue weighted by atomic mass is 10.2. The quantitative estimate of drug-likeness (QED) is 0.762. The van der Waals surface area contributed by atoms with Gasteiger partial charge in [0, 0.05) is 16.3 Å². The van der Waals surface area contributed by atoms with Crippen LogP contribution in [0, 0.1) is 5.82 Å². The summed E-state index contributed by atoms with van der Waals surface area (Å²) in [6.07, 6.45) is 1.40. The molecule has 0 aliphatic rings. The number of carbonyl (C=O) groups excluding carboxylic acids is 1. The summed E-state index contributed by atoms with van der Waals surface area (Å²) in [7, 11) is 0. The van der Waals surface area contributed by atoms with Crippen LogP contribution < -0.4 is 11.0 Å². The molecule has 1 atom stereocenters. The molecule has 0 bridgehead atoms. The van der Waals surface area contributed by atoms with Gasteiger partial charge in [-0.3, -0.25) is 4.79 Å². The first-order valence-electron chi connectivity index (χ1n) is 7.72. The summed E-state index contributed by atoms with van der Waals surface area (Å²) in [5, 5.41) is 7.14. The van der Waals surface area contributed by atoms with Gasteiger partial charge in [0.2, 0.25) is 5.91 Å². The van der Waals surface area contributed by atoms with E-state index in [9.17, 15) is 14.0 Å². The molecule has 1 aromatic heterocycles. The van der Waals surface area contributed by atoms with E-state index in [0.29, 0.717) is 22.0 Å². The summed E-state index contributed by atoms with van der Waals surface area (Å²) < 4.78 is 14.2. The Morgan fingerprint density at radius 3 is 2.62 bits per heavy atom. The van der Waals surface area contributed by atoms with Gasteiger partial charge < -0.3 is 5.32 Å². The third-order valence-corrected chi connectivity index (χ3v) is 3.95. The average molecular weight is 373 g/mol. The van der Waals surface area contributed by atoms with Crippen molar-refractivity contribution in [2.45, 2.75) is 13.0 Å². The molecule has 26 heavy (non-hydrogen) atoms. The number of nitrogens with one attached hydrogen (secondary N) is 1. The zero-order valence-corrected chi connectivity index (χ0v) is 14.4. The maximum atomic E-state index is 13.2. The Hall–Kier alpha value is -3.06. The van der Waals surface area contributed by atoms with Gasteiger partial charge >= 0.3 is 5.69 Å². The van der Waals surface area contributed by atoms with Gasteiger partial charge in [-0.05, 0) is 37.3 Å². The van der Waals surface area contributed by atoms with Crippen molar-refractivity contribution < 1.29 is 9.18 Å². The minimum Gasteiger partial charge on any atom is -0.324 e. The molecule has 1 heterocycles. The summed E-state index contributed by atoms with van der Waals surface area (Å²) in [6.45, 7) is 1.51. The molecule has 0 fully saturated rings. The van der Waals surface area contributed by atoms with E-state index in [1.165, 1.54) is 31.3 Å². The van der Waals surface area contributed by atoms with Gasteiger partial charge in [-0.2, -0.15) is 10.1 Å². The first-order valence-corrected chi connectivity index (χ1v) is 8.10. The monoisotopic (exact) mass is 372 g/mol. The molecule has 0 aliphatic carbocycles. The van der Waals surface area contributed by atoms with Crippen molar-refractivity contribution in [3.05, 3.63) is 76.1 Å². The molecular weight excluding hydrogens is 359 g/mol. The summed E-state index contributed by atoms with van der Waals surface area (Å²) in [5.41, 5.74) is 0.684. The predicted molar refractivity (Wildman–Crippen MR) is 96.5 cm³/mol. The highest BCUT2D eigenvalue weighted by Crippen LogP contribution is 2.18. The van der Waals surface area contributed by atoms with Crippen LogP contribution in [0.2, 0.25) is 5.02 Å². The predicted octanol–water partition coefficient (Wildman–Crippen LogP) is 3.30. The molecule has 0 saturated heterocycles. The van der Waals surface area contributed by atoms with Gasteiger partial charge in [0.1, 0.15) is 11.9 Å². The number of hydrogen-bond acceptors (Lipinski definition) is 4. The number of aromatic nitrogens is 3. The molecule has 1 amide bonds. The molecule has 0 saturated carbocycles. The average Bonchev–Trinajstić information content (AvgIpc) is 2.61. The Morgan fingerprint density at radius 2 is 1.96 bits per heavy atom. The lowest BCUT2D eigenvalue weighted by Crippen LogP contribution is -2.34. The van der Waals surface area contributed by atoms with Crippen molar-refractivity contribution in [2.24, 2.45) is 0 Å². The number of anilines is 1. The van der Waals surface area contributed by atoms with Gasteiger partial charge in [0.05, 0.1) is 11.9 Å². The fourth-order valence-electron chi connectivity index (χ4n) is 2.30. The summed E-state index contributed by atoms with van der Waals surface area (Å²) in [4.78, 5) is 28.5. The van der Waals surface area contributed by atoms with E-state index in [1.54, 1.807) is 30.3 Å². The molecule has 3 aromatic rings. The first-order chi connectivity index (χ1) is 12.4. The molecule has 1 N–H and O–H groups in total. The lowest BCUT2D eigenvalue weighted by Gasteiger charge is -2.14. The molecule has 0 unspecified atom stereocenters. The summed E-state index contributed by atoms with van der Waals surface area (Å²) in [6, 6.07) is 11.4. The van der Waals surface area contributed by atoms with Crippen molar-refractivity contribution in [1.82, 2.24) is 14.8 Å². The third-order valence-electron chi connectivity index (χ3n) is 3.69. The zero-order chi connectivity index (χ0) is 18.7. The Morgan fingerprint density at radius 1 is 1.23 bits per heavy atom. The smallest absolute Gasteiger partial charge is 0.324 e. The summed E-state index contributed by atoms with van der Waals surface area (Å²) in [5.74, 6) is -0.981. The highest BCUT2D eigenvalue weighted by Gasteiger charge is 2.18. The van der Waals surface area contributed by atoms with Crippen LogP contribution in [0.5, 0.6) is 0 Å². The Kier molecular flexibility index (Phi) is 5.09. The van der Waals surface area contributed by atoms with E-state index in [2.05, 4.69) is 15.4 Å². The molecule has 8 heteroatoms. The van der Waals surface area contributed by atoms with Crippen LogP contribution in [0.3, 0.4) is 0 Å². The summed E-state index contributed by atoms with van der Waals surface area (Å²) >= 11 is 5.84. The minimum absolute atomic E-state index is 0.292. The minimum atomic E-state index is -0.919. The van der Waals surface area contributed by atoms with E-state index < -0.39 is 23.5 Å². The van der Waals surface area contributed by atoms with Crippen LogP contribution in [0.1, 0.15) is 13.0 Å². The molecule has 6 nitrogen and oxygen atoms in total. The molecular formula is C18H14ClFN4O2. The lowest BCUT2D eigenvalue weighted by molar-refractivity contribution is -0.119. The van der Waals surface area contributed by atoms with Gasteiger partial charge in [-0.15, -0.1) is 0 Å². The van der Waals surface area contributed by atoms with Crippen LogP contribution in [0.15, 0.2) is 59.5 Å². The van der Waals surface area contributed by atoms with Crippen LogP contribution in [0.25, 0.3) is 11.3 Å². The zero-order valence-electron chi connectivity index (χ0n) is 13.7. The van der Waals surface area contributed by atoms with Crippen molar-refractivity contribution >= 4 is 23.2 Å². The highest BCUT2D eigenvalue weighted by atomic mass is 35.5. The molecule has 0 radical (unpaired) electrons. The van der Waals surface area contributed by atoms with Crippen LogP contribution in [-0.4, -0.2) is 20.7 Å². The van der Waals surface area contributed by atoms with E-state index in [1.807, 2.05) is 0 Å². The van der Waals surface area contributed by atoms with Crippen molar-refractivity contribution in [3.63, 3.8) is 0 Å². The number of halogens is 2. The van der Waals surface area contributed by atoms with Gasteiger partial charge in [0.15, 0.2) is 0 Å². The van der Waals surface area contributed by atoms with Crippen molar-refractivity contribution in [1.29, 1.82) is 0 Å². The number of carbonyl (C=O) groups is 1. The second-order valence-electron chi connectivity index (χ2n) is 5.55. The molecule has 3 rings (SSSR count). The largest absolute Gasteiger partial charge is 0.365 e. The van der Waals surface area contributed by atoms with E-state index in [4.69, 9.17) is 11.6 Å². The van der Waals surface area contributed by atoms with Gasteiger partial charge in [0.25, 0.3) is 0 Å². The standard InChI is InChI=1S/C18H14ClFN4O2/c1-11(17(25)22-15-4-2-3-14(20)9-15)24-18(26)23-16(10-21-24)12-5-7-13(19)8-6-12/h2-11H,1H3,(H,22,25)/t11-/m1/s1. The normalized spacial score (nSPS) is 11.8. The van der Waals surface area contributed by atoms with Crippen LogP contribution >= 0.6 is 11.6 Å². The van der Waals surface area contributed by atoms with Crippen molar-refractivity contribution in [3.8, 4) is 11.3 Å². The molecule has 0 aliphatic heterocycles.